The minimum atomic E-state index is -1.95. The molecule has 0 fully saturated rings. The third-order valence-electron chi connectivity index (χ3n) is 2.88. The summed E-state index contributed by atoms with van der Waals surface area (Å²) in [6.07, 6.45) is 0. The van der Waals surface area contributed by atoms with Gasteiger partial charge in [-0.1, -0.05) is 26.0 Å². The number of ether oxygens (including phenoxy) is 1. The summed E-state index contributed by atoms with van der Waals surface area (Å²) < 4.78 is 5.42. The van der Waals surface area contributed by atoms with Crippen molar-refractivity contribution in [3.63, 3.8) is 0 Å². The number of carboxylic acid groups (broad SMARTS) is 1. The van der Waals surface area contributed by atoms with E-state index in [-0.39, 0.29) is 11.5 Å². The smallest absolute Gasteiger partial charge is 0.296 e. The van der Waals surface area contributed by atoms with Crippen LogP contribution < -0.4 is 4.74 Å². The van der Waals surface area contributed by atoms with Crippen LogP contribution in [-0.2, 0) is 10.0 Å². The van der Waals surface area contributed by atoms with Crippen LogP contribution in [0.4, 0.5) is 0 Å². The lowest BCUT2D eigenvalue weighted by Crippen LogP contribution is -2.42. The van der Waals surface area contributed by atoms with Crippen LogP contribution in [0.1, 0.15) is 19.4 Å². The lowest BCUT2D eigenvalue weighted by Gasteiger charge is -2.32. The van der Waals surface area contributed by atoms with Crippen molar-refractivity contribution >= 4 is 37.4 Å². The van der Waals surface area contributed by atoms with Crippen LogP contribution >= 0.6 is 0 Å². The summed E-state index contributed by atoms with van der Waals surface area (Å²) in [4.78, 5) is 10.9. The molecule has 0 heterocycles. The van der Waals surface area contributed by atoms with Gasteiger partial charge in [-0.25, -0.2) is 0 Å². The van der Waals surface area contributed by atoms with Gasteiger partial charge in [-0.3, -0.25) is 4.79 Å². The maximum absolute atomic E-state index is 10.9. The normalized spacial score (nSPS) is 12.4. The Labute approximate surface area is 118 Å². The summed E-state index contributed by atoms with van der Waals surface area (Å²) in [7, 11) is 22.5. The van der Waals surface area contributed by atoms with Crippen LogP contribution in [0.25, 0.3) is 0 Å². The third-order valence-corrected chi connectivity index (χ3v) is 2.88. The standard InChI is InChI=1S/C12H12B4O3/c1-7(2)12(15,16)19-9-5-3-8(4-6-9)11(13,14)10(17)18/h3-7H,1-2H3,(H,17,18). The molecule has 90 valence electrons. The Balaban J connectivity index is 2.92. The zero-order valence-electron chi connectivity index (χ0n) is 11.0. The van der Waals surface area contributed by atoms with Crippen LogP contribution in [0.2, 0.25) is 0 Å². The highest BCUT2D eigenvalue weighted by Crippen LogP contribution is 2.24. The molecular weight excluding hydrogens is 235 g/mol. The summed E-state index contributed by atoms with van der Waals surface area (Å²) in [6.45, 7) is 3.65. The molecule has 0 aliphatic rings. The van der Waals surface area contributed by atoms with Gasteiger partial charge in [0, 0.05) is 10.6 Å². The molecule has 1 aromatic rings. The molecule has 8 radical (unpaired) electrons. The van der Waals surface area contributed by atoms with Gasteiger partial charge in [0.1, 0.15) is 21.4 Å². The van der Waals surface area contributed by atoms with E-state index in [1.54, 1.807) is 0 Å². The Bertz CT molecular complexity index is 455. The highest BCUT2D eigenvalue weighted by atomic mass is 16.5. The second-order valence-electron chi connectivity index (χ2n) is 4.81. The van der Waals surface area contributed by atoms with Crippen molar-refractivity contribution in [2.75, 3.05) is 0 Å². The number of rotatable bonds is 5. The molecule has 0 amide bonds. The molecular formula is C12H12B4O3. The van der Waals surface area contributed by atoms with Gasteiger partial charge in [0.05, 0.1) is 15.7 Å². The molecule has 0 aromatic heterocycles. The van der Waals surface area contributed by atoms with E-state index in [0.29, 0.717) is 5.75 Å². The topological polar surface area (TPSA) is 46.5 Å². The van der Waals surface area contributed by atoms with E-state index in [9.17, 15) is 4.79 Å². The van der Waals surface area contributed by atoms with Crippen molar-refractivity contribution in [1.29, 1.82) is 0 Å². The highest BCUT2D eigenvalue weighted by molar-refractivity contribution is 6.50. The van der Waals surface area contributed by atoms with Crippen LogP contribution in [-0.4, -0.2) is 47.9 Å². The lowest BCUT2D eigenvalue weighted by molar-refractivity contribution is -0.138. The fraction of sp³-hybridized carbons (Fsp3) is 0.417. The average molecular weight is 247 g/mol. The van der Waals surface area contributed by atoms with E-state index in [1.165, 1.54) is 24.3 Å². The zero-order valence-corrected chi connectivity index (χ0v) is 11.0. The van der Waals surface area contributed by atoms with Gasteiger partial charge in [-0.05, 0) is 23.6 Å². The van der Waals surface area contributed by atoms with Gasteiger partial charge in [0.15, 0.2) is 0 Å². The fourth-order valence-electron chi connectivity index (χ4n) is 1.24. The molecule has 0 atom stereocenters. The van der Waals surface area contributed by atoms with Crippen LogP contribution in [0.5, 0.6) is 5.75 Å². The Morgan fingerprint density at radius 3 is 2.00 bits per heavy atom. The summed E-state index contributed by atoms with van der Waals surface area (Å²) in [5, 5.41) is 5.65. The van der Waals surface area contributed by atoms with Gasteiger partial charge in [-0.15, -0.1) is 0 Å². The molecule has 1 N–H and O–H groups in total. The number of carboxylic acids is 1. The first-order chi connectivity index (χ1) is 8.57. The molecule has 0 spiro atoms. The van der Waals surface area contributed by atoms with E-state index >= 15 is 0 Å². The van der Waals surface area contributed by atoms with Crippen molar-refractivity contribution in [2.45, 2.75) is 24.5 Å². The molecule has 1 rings (SSSR count). The first-order valence-corrected chi connectivity index (χ1v) is 5.76. The molecule has 0 unspecified atom stereocenters. The summed E-state index contributed by atoms with van der Waals surface area (Å²) in [6, 6.07) is 5.95. The molecule has 7 heteroatoms. The van der Waals surface area contributed by atoms with Crippen LogP contribution in [0.3, 0.4) is 0 Å². The molecule has 0 aliphatic carbocycles. The zero-order chi connectivity index (χ0) is 14.8. The van der Waals surface area contributed by atoms with Gasteiger partial charge >= 0.3 is 0 Å². The molecule has 0 aliphatic heterocycles. The Morgan fingerprint density at radius 1 is 1.16 bits per heavy atom. The second-order valence-corrected chi connectivity index (χ2v) is 4.81. The van der Waals surface area contributed by atoms with Crippen molar-refractivity contribution in [2.24, 2.45) is 5.92 Å². The van der Waals surface area contributed by atoms with E-state index in [2.05, 4.69) is 0 Å². The number of carbonyl (C=O) groups is 1. The predicted molar refractivity (Wildman–Crippen MR) is 77.0 cm³/mol. The maximum atomic E-state index is 10.9. The van der Waals surface area contributed by atoms with Gasteiger partial charge in [-0.2, -0.15) is 0 Å². The fourth-order valence-corrected chi connectivity index (χ4v) is 1.24. The molecule has 0 saturated carbocycles. The second kappa shape index (κ2) is 5.40. The summed E-state index contributed by atoms with van der Waals surface area (Å²) >= 11 is 0. The first-order valence-electron chi connectivity index (χ1n) is 5.76. The summed E-state index contributed by atoms with van der Waals surface area (Å²) in [5.41, 5.74) is 0.247. The molecule has 19 heavy (non-hydrogen) atoms. The van der Waals surface area contributed by atoms with E-state index < -0.39 is 16.6 Å². The Morgan fingerprint density at radius 2 is 1.63 bits per heavy atom. The SMILES string of the molecule is [B]C([B])(C(=O)O)c1ccc(OC([B])([B])C(C)C)cc1. The molecule has 3 nitrogen and oxygen atoms in total. The van der Waals surface area contributed by atoms with Crippen LogP contribution in [0.15, 0.2) is 24.3 Å². The minimum absolute atomic E-state index is 0.102. The lowest BCUT2D eigenvalue weighted by atomic mass is 9.51. The third kappa shape index (κ3) is 3.61. The average Bonchev–Trinajstić information content (AvgIpc) is 2.28. The number of hydrogen-bond donors (Lipinski definition) is 1. The Hall–Kier alpha value is -1.25. The van der Waals surface area contributed by atoms with Crippen molar-refractivity contribution in [3.05, 3.63) is 29.8 Å². The van der Waals surface area contributed by atoms with Crippen molar-refractivity contribution in [3.8, 4) is 5.75 Å². The predicted octanol–water partition coefficient (Wildman–Crippen LogP) is 0.287. The van der Waals surface area contributed by atoms with Crippen LogP contribution in [0, 0.1) is 5.92 Å². The molecule has 0 bridgehead atoms. The van der Waals surface area contributed by atoms with Gasteiger partial charge in [0.2, 0.25) is 0 Å². The van der Waals surface area contributed by atoms with Gasteiger partial charge in [0.25, 0.3) is 5.97 Å². The van der Waals surface area contributed by atoms with E-state index in [1.807, 2.05) is 13.8 Å². The monoisotopic (exact) mass is 248 g/mol. The van der Waals surface area contributed by atoms with Gasteiger partial charge < -0.3 is 9.84 Å². The molecule has 0 saturated heterocycles. The van der Waals surface area contributed by atoms with Crippen molar-refractivity contribution < 1.29 is 14.6 Å². The minimum Gasteiger partial charge on any atom is -0.507 e. The highest BCUT2D eigenvalue weighted by Gasteiger charge is 2.28. The quantitative estimate of drug-likeness (QED) is 0.761. The number of hydrogen-bond acceptors (Lipinski definition) is 2. The largest absolute Gasteiger partial charge is 0.507 e. The van der Waals surface area contributed by atoms with Crippen molar-refractivity contribution in [1.82, 2.24) is 0 Å². The number of benzene rings is 1. The maximum Gasteiger partial charge on any atom is 0.296 e. The summed E-state index contributed by atoms with van der Waals surface area (Å²) in [5.74, 6) is -1.02. The first kappa shape index (κ1) is 15.8. The van der Waals surface area contributed by atoms with E-state index in [4.69, 9.17) is 41.2 Å². The Kier molecular flexibility index (Phi) is 4.49. The molecule has 1 aromatic carbocycles. The number of aliphatic carboxylic acids is 1. The van der Waals surface area contributed by atoms with E-state index in [0.717, 1.165) is 0 Å².